The van der Waals surface area contributed by atoms with Crippen LogP contribution in [-0.4, -0.2) is 52.1 Å². The van der Waals surface area contributed by atoms with Crippen LogP contribution in [0, 0.1) is 0 Å². The molecule has 2 atom stereocenters. The van der Waals surface area contributed by atoms with Gasteiger partial charge in [0.05, 0.1) is 44.2 Å². The number of hydrogen-bond acceptors (Lipinski definition) is 5. The summed E-state index contributed by atoms with van der Waals surface area (Å²) >= 11 is 0. The maximum Gasteiger partial charge on any atom is 0.227 e. The zero-order valence-corrected chi connectivity index (χ0v) is 13.6. The van der Waals surface area contributed by atoms with Crippen LogP contribution in [0.4, 0.5) is 0 Å². The minimum absolute atomic E-state index is 0.0549. The normalized spacial score (nSPS) is 22.6. The molecule has 24 heavy (non-hydrogen) atoms. The average Bonchev–Trinajstić information content (AvgIpc) is 3.10. The fourth-order valence-corrected chi connectivity index (χ4v) is 3.47. The van der Waals surface area contributed by atoms with Gasteiger partial charge in [-0.25, -0.2) is 4.68 Å². The van der Waals surface area contributed by atoms with Gasteiger partial charge in [0.1, 0.15) is 5.75 Å². The van der Waals surface area contributed by atoms with E-state index in [-0.39, 0.29) is 18.1 Å². The standard InChI is InChI=1S/C17H20N4O3/c1-23-14-4-2-3-12(7-14)8-17(22)20-6-5-16-15(10-20)21-13(11-24-16)9-18-19-21/h2-4,7,9,15-16H,5-6,8,10-11H2,1H3/t15-,16-/m1/s1. The van der Waals surface area contributed by atoms with Crippen LogP contribution in [0.15, 0.2) is 30.5 Å². The Morgan fingerprint density at radius 2 is 2.38 bits per heavy atom. The first-order valence-corrected chi connectivity index (χ1v) is 8.16. The minimum atomic E-state index is 0.0549. The summed E-state index contributed by atoms with van der Waals surface area (Å²) in [6.45, 7) is 1.88. The van der Waals surface area contributed by atoms with Crippen molar-refractivity contribution >= 4 is 5.91 Å². The molecule has 7 heteroatoms. The zero-order valence-electron chi connectivity index (χ0n) is 13.6. The quantitative estimate of drug-likeness (QED) is 0.847. The molecule has 1 fully saturated rings. The summed E-state index contributed by atoms with van der Waals surface area (Å²) in [4.78, 5) is 14.6. The SMILES string of the molecule is COc1cccc(CC(=O)N2CC[C@H]3OCc4cnnn4[C@@H]3C2)c1. The van der Waals surface area contributed by atoms with Crippen molar-refractivity contribution in [2.24, 2.45) is 0 Å². The van der Waals surface area contributed by atoms with Gasteiger partial charge in [-0.2, -0.15) is 0 Å². The number of piperidine rings is 1. The Hall–Kier alpha value is -2.41. The Balaban J connectivity index is 1.47. The van der Waals surface area contributed by atoms with E-state index in [4.69, 9.17) is 9.47 Å². The first kappa shape index (κ1) is 15.1. The number of ether oxygens (including phenoxy) is 2. The first-order valence-electron chi connectivity index (χ1n) is 8.16. The van der Waals surface area contributed by atoms with E-state index in [1.807, 2.05) is 33.8 Å². The van der Waals surface area contributed by atoms with Crippen molar-refractivity contribution in [1.82, 2.24) is 19.9 Å². The van der Waals surface area contributed by atoms with Gasteiger partial charge in [0.15, 0.2) is 0 Å². The Morgan fingerprint density at radius 1 is 1.46 bits per heavy atom. The Morgan fingerprint density at radius 3 is 3.25 bits per heavy atom. The van der Waals surface area contributed by atoms with Crippen LogP contribution in [0.5, 0.6) is 5.75 Å². The van der Waals surface area contributed by atoms with Gasteiger partial charge in [-0.05, 0) is 24.1 Å². The summed E-state index contributed by atoms with van der Waals surface area (Å²) in [6.07, 6.45) is 3.04. The molecule has 0 N–H and O–H groups in total. The van der Waals surface area contributed by atoms with Crippen LogP contribution in [0.3, 0.4) is 0 Å². The molecule has 7 nitrogen and oxygen atoms in total. The number of methoxy groups -OCH3 is 1. The number of aromatic nitrogens is 3. The molecular formula is C17H20N4O3. The highest BCUT2D eigenvalue weighted by molar-refractivity contribution is 5.79. The van der Waals surface area contributed by atoms with Crippen molar-refractivity contribution in [2.75, 3.05) is 20.2 Å². The third kappa shape index (κ3) is 2.75. The molecule has 1 saturated heterocycles. The zero-order chi connectivity index (χ0) is 16.5. The molecule has 1 aromatic heterocycles. The maximum absolute atomic E-state index is 12.7. The number of likely N-dealkylation sites (tertiary alicyclic amines) is 1. The highest BCUT2D eigenvalue weighted by Crippen LogP contribution is 2.30. The van der Waals surface area contributed by atoms with Crippen molar-refractivity contribution in [3.05, 3.63) is 41.7 Å². The Kier molecular flexibility index (Phi) is 3.93. The van der Waals surface area contributed by atoms with Gasteiger partial charge in [0.25, 0.3) is 0 Å². The van der Waals surface area contributed by atoms with Crippen LogP contribution in [-0.2, 0) is 22.6 Å². The molecule has 126 valence electrons. The van der Waals surface area contributed by atoms with Crippen LogP contribution < -0.4 is 4.74 Å². The van der Waals surface area contributed by atoms with Crippen LogP contribution in [0.2, 0.25) is 0 Å². The lowest BCUT2D eigenvalue weighted by atomic mass is 9.99. The maximum atomic E-state index is 12.7. The van der Waals surface area contributed by atoms with E-state index in [1.54, 1.807) is 13.3 Å². The molecule has 0 spiro atoms. The van der Waals surface area contributed by atoms with Crippen molar-refractivity contribution < 1.29 is 14.3 Å². The van der Waals surface area contributed by atoms with Gasteiger partial charge < -0.3 is 14.4 Å². The van der Waals surface area contributed by atoms with Crippen LogP contribution in [0.25, 0.3) is 0 Å². The Labute approximate surface area is 140 Å². The lowest BCUT2D eigenvalue weighted by molar-refractivity contribution is -0.137. The van der Waals surface area contributed by atoms with Gasteiger partial charge in [0.2, 0.25) is 5.91 Å². The number of fused-ring (bicyclic) bond motifs is 3. The molecule has 3 heterocycles. The van der Waals surface area contributed by atoms with Gasteiger partial charge in [-0.1, -0.05) is 17.3 Å². The summed E-state index contributed by atoms with van der Waals surface area (Å²) in [7, 11) is 1.63. The molecule has 0 aliphatic carbocycles. The molecule has 1 aromatic carbocycles. The number of amides is 1. The van der Waals surface area contributed by atoms with E-state index in [0.29, 0.717) is 26.1 Å². The van der Waals surface area contributed by atoms with E-state index in [2.05, 4.69) is 10.3 Å². The van der Waals surface area contributed by atoms with E-state index in [0.717, 1.165) is 23.4 Å². The van der Waals surface area contributed by atoms with Crippen molar-refractivity contribution in [3.63, 3.8) is 0 Å². The monoisotopic (exact) mass is 328 g/mol. The number of nitrogens with zero attached hydrogens (tertiary/aromatic N) is 4. The highest BCUT2D eigenvalue weighted by atomic mass is 16.5. The number of carbonyl (C=O) groups excluding carboxylic acids is 1. The van der Waals surface area contributed by atoms with Crippen molar-refractivity contribution in [3.8, 4) is 5.75 Å². The molecule has 1 amide bonds. The van der Waals surface area contributed by atoms with E-state index in [9.17, 15) is 4.79 Å². The molecule has 2 aliphatic heterocycles. The topological polar surface area (TPSA) is 69.5 Å². The summed E-state index contributed by atoms with van der Waals surface area (Å²) in [5, 5.41) is 8.14. The summed E-state index contributed by atoms with van der Waals surface area (Å²) in [5.41, 5.74) is 1.93. The molecule has 0 unspecified atom stereocenters. The van der Waals surface area contributed by atoms with Gasteiger partial charge in [-0.3, -0.25) is 4.79 Å². The highest BCUT2D eigenvalue weighted by Gasteiger charge is 2.37. The van der Waals surface area contributed by atoms with E-state index in [1.165, 1.54) is 0 Å². The smallest absolute Gasteiger partial charge is 0.227 e. The lowest BCUT2D eigenvalue weighted by Gasteiger charge is -2.41. The summed E-state index contributed by atoms with van der Waals surface area (Å²) in [6, 6.07) is 7.70. The van der Waals surface area contributed by atoms with Crippen LogP contribution in [0.1, 0.15) is 23.7 Å². The van der Waals surface area contributed by atoms with Gasteiger partial charge in [-0.15, -0.1) is 5.10 Å². The number of rotatable bonds is 3. The molecule has 0 bridgehead atoms. The molecule has 2 aromatic rings. The molecule has 0 saturated carbocycles. The first-order chi connectivity index (χ1) is 11.7. The van der Waals surface area contributed by atoms with E-state index < -0.39 is 0 Å². The summed E-state index contributed by atoms with van der Waals surface area (Å²) in [5.74, 6) is 0.890. The second kappa shape index (κ2) is 6.24. The van der Waals surface area contributed by atoms with Crippen molar-refractivity contribution in [2.45, 2.75) is 31.6 Å². The van der Waals surface area contributed by atoms with Crippen molar-refractivity contribution in [1.29, 1.82) is 0 Å². The Bertz CT molecular complexity index is 745. The molecule has 0 radical (unpaired) electrons. The average molecular weight is 328 g/mol. The molecule has 4 rings (SSSR count). The van der Waals surface area contributed by atoms with E-state index >= 15 is 0 Å². The largest absolute Gasteiger partial charge is 0.497 e. The summed E-state index contributed by atoms with van der Waals surface area (Å²) < 4.78 is 13.0. The second-order valence-electron chi connectivity index (χ2n) is 6.24. The third-order valence-electron chi connectivity index (χ3n) is 4.77. The lowest BCUT2D eigenvalue weighted by Crippen LogP contribution is -2.50. The number of carbonyl (C=O) groups is 1. The third-order valence-corrected chi connectivity index (χ3v) is 4.77. The predicted molar refractivity (Wildman–Crippen MR) is 85.5 cm³/mol. The van der Waals surface area contributed by atoms with Gasteiger partial charge in [0, 0.05) is 13.1 Å². The van der Waals surface area contributed by atoms with Crippen LogP contribution >= 0.6 is 0 Å². The molecule has 2 aliphatic rings. The predicted octanol–water partition coefficient (Wildman–Crippen LogP) is 1.20. The fraction of sp³-hybridized carbons (Fsp3) is 0.471. The second-order valence-corrected chi connectivity index (χ2v) is 6.24. The molecular weight excluding hydrogens is 308 g/mol. The minimum Gasteiger partial charge on any atom is -0.497 e. The van der Waals surface area contributed by atoms with Gasteiger partial charge >= 0.3 is 0 Å². The fourth-order valence-electron chi connectivity index (χ4n) is 3.47. The number of benzene rings is 1. The number of hydrogen-bond donors (Lipinski definition) is 0.